The standard InChI is InChI=1S/C38H42BrNO4/c1-2-3-4-5-6-7-8-9-10-11-16-24-44-37(43)26-18-17-19-27(25-26)40-35(41)33-32-28-20-12-14-22-30(28)38(39,34(33)36(40)42)31-23-15-13-21-29(31)32/h12-15,17-23,25,32-34H,2-11,16,24H2,1H3/t32?,33-,34+,38?/m0/s1. The summed E-state index contributed by atoms with van der Waals surface area (Å²) in [4.78, 5) is 42.6. The maximum atomic E-state index is 14.2. The van der Waals surface area contributed by atoms with Crippen molar-refractivity contribution in [2.45, 2.75) is 87.8 Å². The highest BCUT2D eigenvalue weighted by molar-refractivity contribution is 9.09. The van der Waals surface area contributed by atoms with Crippen LogP contribution in [0.3, 0.4) is 0 Å². The van der Waals surface area contributed by atoms with Gasteiger partial charge >= 0.3 is 5.97 Å². The van der Waals surface area contributed by atoms with Crippen LogP contribution in [0.25, 0.3) is 0 Å². The van der Waals surface area contributed by atoms with Gasteiger partial charge in [-0.25, -0.2) is 9.69 Å². The normalized spacial score (nSPS) is 23.0. The molecule has 0 aromatic heterocycles. The number of hydrogen-bond donors (Lipinski definition) is 0. The Kier molecular flexibility index (Phi) is 9.37. The van der Waals surface area contributed by atoms with Gasteiger partial charge in [0.25, 0.3) is 0 Å². The fraction of sp³-hybridized carbons (Fsp3) is 0.447. The minimum atomic E-state index is -0.799. The summed E-state index contributed by atoms with van der Waals surface area (Å²) >= 11 is 4.04. The summed E-state index contributed by atoms with van der Waals surface area (Å²) in [5.74, 6) is -2.19. The highest BCUT2D eigenvalue weighted by Crippen LogP contribution is 2.66. The van der Waals surface area contributed by atoms with Crippen LogP contribution in [-0.2, 0) is 18.7 Å². The molecule has 1 aliphatic heterocycles. The van der Waals surface area contributed by atoms with Crippen molar-refractivity contribution in [1.29, 1.82) is 0 Å². The SMILES string of the molecule is CCCCCCCCCCCCCOC(=O)c1cccc(N2C(=O)[C@H]3C4c5ccccc5C(Br)(c5ccccc54)[C@H]3C2=O)c1. The number of halogens is 1. The quantitative estimate of drug-likeness (QED) is 0.0752. The number of esters is 1. The lowest BCUT2D eigenvalue weighted by Gasteiger charge is -2.51. The Morgan fingerprint density at radius 2 is 1.32 bits per heavy atom. The number of alkyl halides is 1. The molecular weight excluding hydrogens is 614 g/mol. The molecule has 2 bridgehead atoms. The largest absolute Gasteiger partial charge is 0.462 e. The van der Waals surface area contributed by atoms with E-state index in [2.05, 4.69) is 47.1 Å². The predicted octanol–water partition coefficient (Wildman–Crippen LogP) is 9.06. The fourth-order valence-electron chi connectivity index (χ4n) is 7.72. The fourth-order valence-corrected chi connectivity index (χ4v) is 8.92. The van der Waals surface area contributed by atoms with E-state index in [0.29, 0.717) is 17.9 Å². The van der Waals surface area contributed by atoms with E-state index < -0.39 is 22.1 Å². The number of benzene rings is 3. The molecular formula is C38H42BrNO4. The summed E-state index contributed by atoms with van der Waals surface area (Å²) in [6, 6.07) is 23.0. The lowest BCUT2D eigenvalue weighted by molar-refractivity contribution is -0.122. The van der Waals surface area contributed by atoms with E-state index in [1.807, 2.05) is 24.3 Å². The van der Waals surface area contributed by atoms with Gasteiger partial charge in [0, 0.05) is 5.92 Å². The Morgan fingerprint density at radius 1 is 0.750 bits per heavy atom. The maximum Gasteiger partial charge on any atom is 0.338 e. The van der Waals surface area contributed by atoms with Gasteiger partial charge in [0.05, 0.1) is 34.0 Å². The van der Waals surface area contributed by atoms with Crippen LogP contribution in [0.5, 0.6) is 0 Å². The number of imide groups is 1. The molecule has 44 heavy (non-hydrogen) atoms. The minimum absolute atomic E-state index is 0.202. The smallest absolute Gasteiger partial charge is 0.338 e. The van der Waals surface area contributed by atoms with E-state index in [-0.39, 0.29) is 17.7 Å². The first-order valence-corrected chi connectivity index (χ1v) is 17.3. The number of carbonyl (C=O) groups excluding carboxylic acids is 3. The molecule has 1 heterocycles. The number of hydrogen-bond acceptors (Lipinski definition) is 4. The van der Waals surface area contributed by atoms with Gasteiger partial charge in [-0.1, -0.05) is 142 Å². The average Bonchev–Trinajstić information content (AvgIpc) is 3.32. The molecule has 3 aliphatic carbocycles. The van der Waals surface area contributed by atoms with Gasteiger partial charge in [-0.3, -0.25) is 9.59 Å². The molecule has 3 aromatic rings. The van der Waals surface area contributed by atoms with Crippen LogP contribution < -0.4 is 4.90 Å². The van der Waals surface area contributed by atoms with Gasteiger partial charge in [-0.2, -0.15) is 0 Å². The molecule has 4 aliphatic rings. The first-order valence-electron chi connectivity index (χ1n) is 16.5. The summed E-state index contributed by atoms with van der Waals surface area (Å²) in [5.41, 5.74) is 5.05. The molecule has 0 radical (unpaired) electrons. The van der Waals surface area contributed by atoms with Crippen LogP contribution in [-0.4, -0.2) is 24.4 Å². The van der Waals surface area contributed by atoms with Crippen molar-refractivity contribution >= 4 is 39.4 Å². The highest BCUT2D eigenvalue weighted by atomic mass is 79.9. The van der Waals surface area contributed by atoms with Gasteiger partial charge in [0.15, 0.2) is 0 Å². The van der Waals surface area contributed by atoms with E-state index in [9.17, 15) is 14.4 Å². The van der Waals surface area contributed by atoms with Gasteiger partial charge in [-0.05, 0) is 46.9 Å². The van der Waals surface area contributed by atoms with E-state index in [1.54, 1.807) is 24.3 Å². The summed E-state index contributed by atoms with van der Waals surface area (Å²) in [6.07, 6.45) is 13.6. The Morgan fingerprint density at radius 3 is 1.93 bits per heavy atom. The van der Waals surface area contributed by atoms with Gasteiger partial charge in [0.1, 0.15) is 0 Å². The van der Waals surface area contributed by atoms with E-state index in [1.165, 1.54) is 56.3 Å². The third-order valence-electron chi connectivity index (χ3n) is 9.84. The Balaban J connectivity index is 1.09. The van der Waals surface area contributed by atoms with Gasteiger partial charge < -0.3 is 4.74 Å². The van der Waals surface area contributed by atoms with Crippen molar-refractivity contribution < 1.29 is 19.1 Å². The topological polar surface area (TPSA) is 63.7 Å². The number of anilines is 1. The van der Waals surface area contributed by atoms with Crippen LogP contribution in [0, 0.1) is 11.8 Å². The lowest BCUT2D eigenvalue weighted by atomic mass is 9.55. The molecule has 0 unspecified atom stereocenters. The molecule has 2 atom stereocenters. The molecule has 230 valence electrons. The van der Waals surface area contributed by atoms with Crippen molar-refractivity contribution in [3.8, 4) is 0 Å². The minimum Gasteiger partial charge on any atom is -0.462 e. The van der Waals surface area contributed by atoms with Gasteiger partial charge in [0.2, 0.25) is 11.8 Å². The molecule has 7 rings (SSSR count). The summed E-state index contributed by atoms with van der Waals surface area (Å²) in [7, 11) is 0. The molecule has 1 saturated heterocycles. The first-order chi connectivity index (χ1) is 21.5. The van der Waals surface area contributed by atoms with Crippen molar-refractivity contribution in [2.24, 2.45) is 11.8 Å². The van der Waals surface area contributed by atoms with Crippen molar-refractivity contribution in [1.82, 2.24) is 0 Å². The summed E-state index contributed by atoms with van der Waals surface area (Å²) in [5, 5.41) is 0. The average molecular weight is 657 g/mol. The molecule has 2 amide bonds. The van der Waals surface area contributed by atoms with Crippen LogP contribution in [0.4, 0.5) is 5.69 Å². The van der Waals surface area contributed by atoms with Crippen molar-refractivity contribution in [3.63, 3.8) is 0 Å². The summed E-state index contributed by atoms with van der Waals surface area (Å²) < 4.78 is 4.79. The molecule has 6 heteroatoms. The molecule has 0 saturated carbocycles. The number of rotatable bonds is 14. The first kappa shape index (κ1) is 30.8. The lowest BCUT2D eigenvalue weighted by Crippen LogP contribution is -2.50. The monoisotopic (exact) mass is 655 g/mol. The third kappa shape index (κ3) is 5.44. The van der Waals surface area contributed by atoms with E-state index in [0.717, 1.165) is 41.5 Å². The highest BCUT2D eigenvalue weighted by Gasteiger charge is 2.67. The van der Waals surface area contributed by atoms with E-state index >= 15 is 0 Å². The molecule has 1 fully saturated rings. The van der Waals surface area contributed by atoms with E-state index in [4.69, 9.17) is 4.74 Å². The Hall–Kier alpha value is -3.25. The van der Waals surface area contributed by atoms with Crippen LogP contribution in [0.2, 0.25) is 0 Å². The van der Waals surface area contributed by atoms with Crippen molar-refractivity contribution in [3.05, 3.63) is 101 Å². The van der Waals surface area contributed by atoms with Crippen LogP contribution in [0.1, 0.15) is 116 Å². The second-order valence-corrected chi connectivity index (χ2v) is 13.9. The van der Waals surface area contributed by atoms with Crippen molar-refractivity contribution in [2.75, 3.05) is 11.5 Å². The third-order valence-corrected chi connectivity index (χ3v) is 11.2. The molecule has 3 aromatic carbocycles. The number of nitrogens with zero attached hydrogens (tertiary/aromatic N) is 1. The number of carbonyl (C=O) groups is 3. The Bertz CT molecular complexity index is 1480. The predicted molar refractivity (Wildman–Crippen MR) is 177 cm³/mol. The number of unbranched alkanes of at least 4 members (excludes halogenated alkanes) is 10. The zero-order valence-corrected chi connectivity index (χ0v) is 27.2. The number of ether oxygens (including phenoxy) is 1. The molecule has 0 spiro atoms. The van der Waals surface area contributed by atoms with Crippen LogP contribution in [0.15, 0.2) is 72.8 Å². The zero-order valence-electron chi connectivity index (χ0n) is 25.6. The number of amides is 2. The molecule has 0 N–H and O–H groups in total. The van der Waals surface area contributed by atoms with Gasteiger partial charge in [-0.15, -0.1) is 0 Å². The Labute approximate surface area is 269 Å². The summed E-state index contributed by atoms with van der Waals surface area (Å²) in [6.45, 7) is 2.62. The second-order valence-electron chi connectivity index (χ2n) is 12.6. The van der Waals surface area contributed by atoms with Crippen LogP contribution >= 0.6 is 15.9 Å². The zero-order chi connectivity index (χ0) is 30.7. The molecule has 5 nitrogen and oxygen atoms in total. The second kappa shape index (κ2) is 13.4. The maximum absolute atomic E-state index is 14.2.